The second kappa shape index (κ2) is 8.67. The van der Waals surface area contributed by atoms with Gasteiger partial charge in [-0.2, -0.15) is 0 Å². The third kappa shape index (κ3) is 6.82. The Balaban J connectivity index is 2.71. The van der Waals surface area contributed by atoms with Gasteiger partial charge in [0.1, 0.15) is 0 Å². The van der Waals surface area contributed by atoms with Crippen LogP contribution in [0.5, 0.6) is 0 Å². The Kier molecular flexibility index (Phi) is 7.23. The molecule has 0 aliphatic rings. The minimum Gasteiger partial charge on any atom is -0.359 e. The van der Waals surface area contributed by atoms with Crippen molar-refractivity contribution >= 4 is 34.6 Å². The van der Waals surface area contributed by atoms with Gasteiger partial charge in [-0.1, -0.05) is 39.8 Å². The molecule has 0 aliphatic carbocycles. The molecular weight excluding hydrogens is 306 g/mol. The molecule has 0 aliphatic heterocycles. The van der Waals surface area contributed by atoms with Gasteiger partial charge in [0.05, 0.1) is 0 Å². The third-order valence-electron chi connectivity index (χ3n) is 3.32. The number of rotatable bonds is 7. The molecule has 0 radical (unpaired) electrons. The zero-order valence-electron chi connectivity index (χ0n) is 14.4. The monoisotopic (exact) mass is 333 g/mol. The maximum Gasteiger partial charge on any atom is 0.230 e. The van der Waals surface area contributed by atoms with Crippen molar-refractivity contribution in [2.45, 2.75) is 34.1 Å². The second-order valence-corrected chi connectivity index (χ2v) is 7.05. The summed E-state index contributed by atoms with van der Waals surface area (Å²) in [6.07, 6.45) is 2.58. The van der Waals surface area contributed by atoms with Crippen LogP contribution in [-0.2, 0) is 4.79 Å². The van der Waals surface area contributed by atoms with Gasteiger partial charge < -0.3 is 16.0 Å². The predicted molar refractivity (Wildman–Crippen MR) is 103 cm³/mol. The van der Waals surface area contributed by atoms with Crippen LogP contribution in [0, 0.1) is 11.3 Å². The highest BCUT2D eigenvalue weighted by atomic mass is 32.1. The van der Waals surface area contributed by atoms with E-state index in [0.29, 0.717) is 17.6 Å². The summed E-state index contributed by atoms with van der Waals surface area (Å²) in [7, 11) is 0. The Labute approximate surface area is 144 Å². The minimum absolute atomic E-state index is 0.0238. The van der Waals surface area contributed by atoms with E-state index in [-0.39, 0.29) is 5.91 Å². The number of thiocarbonyl (C=S) groups is 1. The fourth-order valence-electron chi connectivity index (χ4n) is 2.43. The molecule has 1 aromatic rings. The molecule has 5 heteroatoms. The molecule has 4 nitrogen and oxygen atoms in total. The molecule has 0 heterocycles. The van der Waals surface area contributed by atoms with Gasteiger partial charge in [0.15, 0.2) is 5.11 Å². The van der Waals surface area contributed by atoms with Gasteiger partial charge in [-0.25, -0.2) is 0 Å². The fourth-order valence-corrected chi connectivity index (χ4v) is 2.63. The van der Waals surface area contributed by atoms with Crippen LogP contribution < -0.4 is 16.0 Å². The van der Waals surface area contributed by atoms with Crippen molar-refractivity contribution in [1.29, 1.82) is 0 Å². The summed E-state index contributed by atoms with van der Waals surface area (Å²) in [5.74, 6) is 0.493. The molecule has 1 aromatic carbocycles. The summed E-state index contributed by atoms with van der Waals surface area (Å²) in [4.78, 5) is 12.5. The largest absolute Gasteiger partial charge is 0.359 e. The molecule has 0 aromatic heterocycles. The number of carbonyl (C=O) groups excluding carboxylic acids is 1. The third-order valence-corrected chi connectivity index (χ3v) is 3.56. The van der Waals surface area contributed by atoms with Crippen LogP contribution in [0.4, 0.5) is 11.4 Å². The van der Waals surface area contributed by atoms with Gasteiger partial charge in [0, 0.05) is 23.3 Å². The summed E-state index contributed by atoms with van der Waals surface area (Å²) in [5, 5.41) is 9.59. The van der Waals surface area contributed by atoms with Gasteiger partial charge in [-0.3, -0.25) is 4.79 Å². The van der Waals surface area contributed by atoms with E-state index in [2.05, 4.69) is 36.4 Å². The van der Waals surface area contributed by atoms with Crippen LogP contribution >= 0.6 is 12.2 Å². The molecule has 0 saturated heterocycles. The van der Waals surface area contributed by atoms with E-state index in [9.17, 15) is 4.79 Å². The van der Waals surface area contributed by atoms with Crippen LogP contribution in [0.25, 0.3) is 0 Å². The molecule has 0 spiro atoms. The summed E-state index contributed by atoms with van der Waals surface area (Å²) >= 11 is 5.18. The van der Waals surface area contributed by atoms with Gasteiger partial charge in [-0.15, -0.1) is 6.58 Å². The maximum atomic E-state index is 12.5. The van der Waals surface area contributed by atoms with E-state index in [1.807, 2.05) is 38.1 Å². The van der Waals surface area contributed by atoms with Crippen molar-refractivity contribution in [3.8, 4) is 0 Å². The smallest absolute Gasteiger partial charge is 0.230 e. The molecule has 0 saturated carbocycles. The van der Waals surface area contributed by atoms with E-state index in [1.165, 1.54) is 0 Å². The van der Waals surface area contributed by atoms with Gasteiger partial charge >= 0.3 is 0 Å². The zero-order valence-corrected chi connectivity index (χ0v) is 15.2. The average Bonchev–Trinajstić information content (AvgIpc) is 2.44. The summed E-state index contributed by atoms with van der Waals surface area (Å²) in [6.45, 7) is 12.4. The summed E-state index contributed by atoms with van der Waals surface area (Å²) in [5.41, 5.74) is 1.17. The number of nitrogens with one attached hydrogen (secondary N) is 3. The number of amides is 1. The molecule has 1 amide bonds. The Morgan fingerprint density at radius 1 is 1.30 bits per heavy atom. The molecule has 0 atom stereocenters. The number of benzene rings is 1. The lowest BCUT2D eigenvalue weighted by atomic mass is 9.83. The quantitative estimate of drug-likeness (QED) is 0.518. The highest BCUT2D eigenvalue weighted by Gasteiger charge is 2.28. The van der Waals surface area contributed by atoms with Crippen molar-refractivity contribution in [3.63, 3.8) is 0 Å². The number of anilines is 2. The topological polar surface area (TPSA) is 53.2 Å². The van der Waals surface area contributed by atoms with Crippen LogP contribution in [0.15, 0.2) is 36.9 Å². The van der Waals surface area contributed by atoms with Crippen LogP contribution in [-0.4, -0.2) is 17.6 Å². The molecule has 3 N–H and O–H groups in total. The highest BCUT2D eigenvalue weighted by molar-refractivity contribution is 7.80. The van der Waals surface area contributed by atoms with Crippen molar-refractivity contribution in [2.75, 3.05) is 17.2 Å². The molecule has 1 rings (SSSR count). The van der Waals surface area contributed by atoms with Crippen molar-refractivity contribution in [2.24, 2.45) is 11.3 Å². The van der Waals surface area contributed by atoms with Crippen LogP contribution in [0.1, 0.15) is 34.1 Å². The van der Waals surface area contributed by atoms with E-state index >= 15 is 0 Å². The van der Waals surface area contributed by atoms with Crippen molar-refractivity contribution in [3.05, 3.63) is 36.9 Å². The van der Waals surface area contributed by atoms with E-state index in [1.54, 1.807) is 6.08 Å². The standard InChI is InChI=1S/C18H27N3OS/c1-6-10-19-17(23)21-15-9-7-8-14(11-15)20-16(22)18(4,5)12-13(2)3/h6-9,11,13H,1,10,12H2,2-5H3,(H,20,22)(H2,19,21,23). The highest BCUT2D eigenvalue weighted by Crippen LogP contribution is 2.27. The second-order valence-electron chi connectivity index (χ2n) is 6.64. The first-order chi connectivity index (χ1) is 10.7. The van der Waals surface area contributed by atoms with E-state index in [0.717, 1.165) is 17.8 Å². The first-order valence-corrected chi connectivity index (χ1v) is 8.22. The van der Waals surface area contributed by atoms with Crippen LogP contribution in [0.3, 0.4) is 0 Å². The zero-order chi connectivity index (χ0) is 17.5. The molecule has 0 fully saturated rings. The number of carbonyl (C=O) groups is 1. The first-order valence-electron chi connectivity index (χ1n) is 7.82. The van der Waals surface area contributed by atoms with Gasteiger partial charge in [-0.05, 0) is 42.8 Å². The SMILES string of the molecule is C=CCNC(=S)Nc1cccc(NC(=O)C(C)(C)CC(C)C)c1. The lowest BCUT2D eigenvalue weighted by Crippen LogP contribution is -2.32. The van der Waals surface area contributed by atoms with E-state index in [4.69, 9.17) is 12.2 Å². The number of hydrogen-bond acceptors (Lipinski definition) is 2. The normalized spacial score (nSPS) is 11.0. The Morgan fingerprint density at radius 3 is 2.48 bits per heavy atom. The predicted octanol–water partition coefficient (Wildman–Crippen LogP) is 4.17. The lowest BCUT2D eigenvalue weighted by Gasteiger charge is -2.25. The minimum atomic E-state index is -0.404. The van der Waals surface area contributed by atoms with Crippen molar-refractivity contribution < 1.29 is 4.79 Å². The van der Waals surface area contributed by atoms with Crippen LogP contribution in [0.2, 0.25) is 0 Å². The summed E-state index contributed by atoms with van der Waals surface area (Å²) in [6, 6.07) is 7.51. The van der Waals surface area contributed by atoms with Crippen molar-refractivity contribution in [1.82, 2.24) is 5.32 Å². The lowest BCUT2D eigenvalue weighted by molar-refractivity contribution is -0.124. The fraction of sp³-hybridized carbons (Fsp3) is 0.444. The van der Waals surface area contributed by atoms with E-state index < -0.39 is 5.41 Å². The maximum absolute atomic E-state index is 12.5. The summed E-state index contributed by atoms with van der Waals surface area (Å²) < 4.78 is 0. The Bertz CT molecular complexity index is 567. The van der Waals surface area contributed by atoms with Gasteiger partial charge in [0.25, 0.3) is 0 Å². The molecule has 126 valence electrons. The molecule has 0 unspecified atom stereocenters. The number of hydrogen-bond donors (Lipinski definition) is 3. The molecule has 23 heavy (non-hydrogen) atoms. The Morgan fingerprint density at radius 2 is 1.91 bits per heavy atom. The van der Waals surface area contributed by atoms with Gasteiger partial charge in [0.2, 0.25) is 5.91 Å². The first kappa shape index (κ1) is 19.2. The average molecular weight is 334 g/mol. The molecular formula is C18H27N3OS. The Hall–Kier alpha value is -1.88. The molecule has 0 bridgehead atoms.